The lowest BCUT2D eigenvalue weighted by Crippen LogP contribution is -1.98. The molecule has 0 radical (unpaired) electrons. The van der Waals surface area contributed by atoms with Gasteiger partial charge < -0.3 is 5.32 Å². The van der Waals surface area contributed by atoms with Crippen molar-refractivity contribution < 1.29 is 4.79 Å². The van der Waals surface area contributed by atoms with Gasteiger partial charge in [0.1, 0.15) is 17.0 Å². The molecule has 0 fully saturated rings. The number of fused-ring (bicyclic) bond motifs is 1. The van der Waals surface area contributed by atoms with Crippen molar-refractivity contribution in [2.45, 2.75) is 13.8 Å². The first-order valence-corrected chi connectivity index (χ1v) is 9.12. The number of hydrogen-bond donors (Lipinski definition) is 1. The molecule has 128 valence electrons. The van der Waals surface area contributed by atoms with Gasteiger partial charge in [0.05, 0.1) is 5.39 Å². The number of hydrogen-bond acceptors (Lipinski definition) is 5. The van der Waals surface area contributed by atoms with Gasteiger partial charge in [-0.15, -0.1) is 11.3 Å². The van der Waals surface area contributed by atoms with Crippen LogP contribution < -0.4 is 5.32 Å². The van der Waals surface area contributed by atoms with E-state index in [9.17, 15) is 4.79 Å². The second-order valence-corrected chi connectivity index (χ2v) is 7.27. The minimum atomic E-state index is 0.0397. The standard InChI is InChI=1S/C21H17N3OS/c1-13(25)16-9-6-10-17(11-16)24-20-19-18(15-7-4-3-5-8-15)14(2)26-21(19)23-12-22-20/h3-12H,1-2H3,(H,22,23,24). The molecule has 2 aromatic heterocycles. The summed E-state index contributed by atoms with van der Waals surface area (Å²) in [6.07, 6.45) is 1.57. The normalized spacial score (nSPS) is 10.8. The maximum absolute atomic E-state index is 11.7. The Morgan fingerprint density at radius 1 is 1.04 bits per heavy atom. The summed E-state index contributed by atoms with van der Waals surface area (Å²) in [4.78, 5) is 22.7. The van der Waals surface area contributed by atoms with E-state index in [1.807, 2.05) is 42.5 Å². The highest BCUT2D eigenvalue weighted by molar-refractivity contribution is 7.19. The Morgan fingerprint density at radius 3 is 2.62 bits per heavy atom. The average molecular weight is 359 g/mol. The highest BCUT2D eigenvalue weighted by Gasteiger charge is 2.16. The zero-order valence-corrected chi connectivity index (χ0v) is 15.3. The van der Waals surface area contributed by atoms with Crippen LogP contribution in [0.5, 0.6) is 0 Å². The predicted octanol–water partition coefficient (Wildman–Crippen LogP) is 5.61. The lowest BCUT2D eigenvalue weighted by atomic mass is 10.0. The molecule has 0 aliphatic rings. The molecule has 4 rings (SSSR count). The first kappa shape index (κ1) is 16.4. The van der Waals surface area contributed by atoms with E-state index >= 15 is 0 Å². The third-order valence-electron chi connectivity index (χ3n) is 4.26. The van der Waals surface area contributed by atoms with Crippen LogP contribution in [-0.4, -0.2) is 15.8 Å². The van der Waals surface area contributed by atoms with Crippen LogP contribution >= 0.6 is 11.3 Å². The van der Waals surface area contributed by atoms with Crippen molar-refractivity contribution in [3.8, 4) is 11.1 Å². The van der Waals surface area contributed by atoms with E-state index in [1.165, 1.54) is 4.88 Å². The number of Topliss-reactive ketones (excluding diaryl/α,β-unsaturated/α-hetero) is 1. The molecule has 4 nitrogen and oxygen atoms in total. The smallest absolute Gasteiger partial charge is 0.159 e. The molecule has 0 atom stereocenters. The highest BCUT2D eigenvalue weighted by Crippen LogP contribution is 2.40. The number of carbonyl (C=O) groups excluding carboxylic acids is 1. The molecule has 0 aliphatic carbocycles. The van der Waals surface area contributed by atoms with Crippen molar-refractivity contribution in [3.05, 3.63) is 71.4 Å². The van der Waals surface area contributed by atoms with Crippen LogP contribution in [0.3, 0.4) is 0 Å². The zero-order chi connectivity index (χ0) is 18.1. The number of nitrogens with one attached hydrogen (secondary N) is 1. The van der Waals surface area contributed by atoms with Crippen molar-refractivity contribution in [1.29, 1.82) is 0 Å². The first-order chi connectivity index (χ1) is 12.6. The Balaban J connectivity index is 1.86. The van der Waals surface area contributed by atoms with Gasteiger partial charge in [0.2, 0.25) is 0 Å². The lowest BCUT2D eigenvalue weighted by Gasteiger charge is -2.10. The molecule has 2 heterocycles. The van der Waals surface area contributed by atoms with Gasteiger partial charge in [-0.2, -0.15) is 0 Å². The molecule has 0 unspecified atom stereocenters. The van der Waals surface area contributed by atoms with Gasteiger partial charge in [0.25, 0.3) is 0 Å². The molecular formula is C21H17N3OS. The summed E-state index contributed by atoms with van der Waals surface area (Å²) in [6.45, 7) is 3.67. The van der Waals surface area contributed by atoms with Crippen LogP contribution in [0.2, 0.25) is 0 Å². The SMILES string of the molecule is CC(=O)c1cccc(Nc2ncnc3sc(C)c(-c4ccccc4)c23)c1. The maximum atomic E-state index is 11.7. The minimum Gasteiger partial charge on any atom is -0.340 e. The van der Waals surface area contributed by atoms with Crippen LogP contribution in [0.1, 0.15) is 22.2 Å². The van der Waals surface area contributed by atoms with Crippen LogP contribution in [0.25, 0.3) is 21.3 Å². The highest BCUT2D eigenvalue weighted by atomic mass is 32.1. The zero-order valence-electron chi connectivity index (χ0n) is 14.5. The van der Waals surface area contributed by atoms with Crippen LogP contribution in [0.4, 0.5) is 11.5 Å². The Bertz CT molecular complexity index is 1100. The number of thiophene rings is 1. The number of ketones is 1. The third kappa shape index (κ3) is 2.97. The summed E-state index contributed by atoms with van der Waals surface area (Å²) < 4.78 is 0. The molecule has 5 heteroatoms. The van der Waals surface area contributed by atoms with E-state index < -0.39 is 0 Å². The Kier molecular flexibility index (Phi) is 4.22. The van der Waals surface area contributed by atoms with Crippen molar-refractivity contribution in [2.75, 3.05) is 5.32 Å². The van der Waals surface area contributed by atoms with E-state index in [1.54, 1.807) is 24.6 Å². The topological polar surface area (TPSA) is 54.9 Å². The van der Waals surface area contributed by atoms with E-state index in [2.05, 4.69) is 34.3 Å². The summed E-state index contributed by atoms with van der Waals surface area (Å²) in [7, 11) is 0. The number of aromatic nitrogens is 2. The van der Waals surface area contributed by atoms with Crippen molar-refractivity contribution in [2.24, 2.45) is 0 Å². The van der Waals surface area contributed by atoms with Crippen molar-refractivity contribution in [3.63, 3.8) is 0 Å². The summed E-state index contributed by atoms with van der Waals surface area (Å²) >= 11 is 1.66. The van der Waals surface area contributed by atoms with Crippen molar-refractivity contribution in [1.82, 2.24) is 9.97 Å². The molecule has 1 N–H and O–H groups in total. The Labute approximate surface area is 155 Å². The minimum absolute atomic E-state index is 0.0397. The molecule has 0 saturated carbocycles. The van der Waals surface area contributed by atoms with Crippen LogP contribution in [0, 0.1) is 6.92 Å². The van der Waals surface area contributed by atoms with E-state index in [0.29, 0.717) is 5.56 Å². The van der Waals surface area contributed by atoms with Gasteiger partial charge >= 0.3 is 0 Å². The Hall–Kier alpha value is -3.05. The fourth-order valence-corrected chi connectivity index (χ4v) is 4.06. The summed E-state index contributed by atoms with van der Waals surface area (Å²) in [5, 5.41) is 4.38. The number of benzene rings is 2. The van der Waals surface area contributed by atoms with Gasteiger partial charge in [-0.1, -0.05) is 42.5 Å². The molecule has 0 spiro atoms. The number of rotatable bonds is 4. The second-order valence-electron chi connectivity index (χ2n) is 6.06. The Morgan fingerprint density at radius 2 is 1.85 bits per heavy atom. The number of anilines is 2. The van der Waals surface area contributed by atoms with E-state index in [-0.39, 0.29) is 5.78 Å². The fraction of sp³-hybridized carbons (Fsp3) is 0.0952. The van der Waals surface area contributed by atoms with E-state index in [4.69, 9.17) is 0 Å². The molecule has 2 aromatic carbocycles. The number of aryl methyl sites for hydroxylation is 1. The van der Waals surface area contributed by atoms with Crippen LogP contribution in [-0.2, 0) is 0 Å². The monoisotopic (exact) mass is 359 g/mol. The summed E-state index contributed by atoms with van der Waals surface area (Å²) in [5.74, 6) is 0.789. The van der Waals surface area contributed by atoms with Crippen LogP contribution in [0.15, 0.2) is 60.9 Å². The fourth-order valence-electron chi connectivity index (χ4n) is 3.04. The van der Waals surface area contributed by atoms with Gasteiger partial charge in [0, 0.05) is 21.7 Å². The van der Waals surface area contributed by atoms with E-state index in [0.717, 1.165) is 32.8 Å². The van der Waals surface area contributed by atoms with Crippen molar-refractivity contribution >= 4 is 38.8 Å². The van der Waals surface area contributed by atoms with Gasteiger partial charge in [0.15, 0.2) is 5.78 Å². The first-order valence-electron chi connectivity index (χ1n) is 8.31. The predicted molar refractivity (Wildman–Crippen MR) is 107 cm³/mol. The quantitative estimate of drug-likeness (QED) is 0.481. The molecule has 0 saturated heterocycles. The number of nitrogens with zero attached hydrogens (tertiary/aromatic N) is 2. The summed E-state index contributed by atoms with van der Waals surface area (Å²) in [5.41, 5.74) is 3.80. The largest absolute Gasteiger partial charge is 0.340 e. The maximum Gasteiger partial charge on any atom is 0.159 e. The molecule has 0 amide bonds. The molecule has 26 heavy (non-hydrogen) atoms. The summed E-state index contributed by atoms with van der Waals surface area (Å²) in [6, 6.07) is 17.7. The molecule has 0 bridgehead atoms. The van der Waals surface area contributed by atoms with Gasteiger partial charge in [-0.3, -0.25) is 4.79 Å². The average Bonchev–Trinajstić information content (AvgIpc) is 2.99. The molecular weight excluding hydrogens is 342 g/mol. The third-order valence-corrected chi connectivity index (χ3v) is 5.27. The molecule has 4 aromatic rings. The number of carbonyl (C=O) groups is 1. The lowest BCUT2D eigenvalue weighted by molar-refractivity contribution is 0.101. The van der Waals surface area contributed by atoms with Gasteiger partial charge in [-0.05, 0) is 31.5 Å². The second kappa shape index (κ2) is 6.69. The van der Waals surface area contributed by atoms with Gasteiger partial charge in [-0.25, -0.2) is 9.97 Å². The molecule has 0 aliphatic heterocycles.